The molecule has 2 unspecified atom stereocenters. The van der Waals surface area contributed by atoms with Crippen LogP contribution in [0.25, 0.3) is 0 Å². The van der Waals surface area contributed by atoms with Gasteiger partial charge in [-0.2, -0.15) is 0 Å². The molecule has 0 saturated carbocycles. The van der Waals surface area contributed by atoms with Crippen LogP contribution in [-0.4, -0.2) is 43.7 Å². The molecule has 1 amide bonds. The van der Waals surface area contributed by atoms with E-state index in [1.165, 1.54) is 6.92 Å². The van der Waals surface area contributed by atoms with Gasteiger partial charge in [0, 0.05) is 6.54 Å². The highest BCUT2D eigenvalue weighted by Gasteiger charge is 2.19. The van der Waals surface area contributed by atoms with Crippen molar-refractivity contribution in [2.24, 2.45) is 5.92 Å². The predicted molar refractivity (Wildman–Crippen MR) is 75.7 cm³/mol. The summed E-state index contributed by atoms with van der Waals surface area (Å²) in [6, 6.07) is -0.830. The summed E-state index contributed by atoms with van der Waals surface area (Å²) in [4.78, 5) is 22.2. The van der Waals surface area contributed by atoms with Crippen molar-refractivity contribution in [3.63, 3.8) is 0 Å². The SMILES string of the molecule is CCCS(=O)(=O)NC(C)C(=O)NCCCC(C)C(=O)O. The third kappa shape index (κ3) is 8.11. The number of rotatable bonds is 10. The Bertz CT molecular complexity index is 422. The molecule has 0 aliphatic carbocycles. The summed E-state index contributed by atoms with van der Waals surface area (Å²) >= 11 is 0. The molecular formula is C12H24N2O5S. The van der Waals surface area contributed by atoms with E-state index >= 15 is 0 Å². The van der Waals surface area contributed by atoms with E-state index in [-0.39, 0.29) is 5.75 Å². The molecule has 20 heavy (non-hydrogen) atoms. The molecule has 0 radical (unpaired) electrons. The maximum absolute atomic E-state index is 11.6. The van der Waals surface area contributed by atoms with E-state index in [0.29, 0.717) is 25.8 Å². The Hall–Kier alpha value is -1.15. The number of carboxylic acid groups (broad SMARTS) is 1. The number of hydrogen-bond donors (Lipinski definition) is 3. The number of sulfonamides is 1. The average molecular weight is 308 g/mol. The zero-order valence-corrected chi connectivity index (χ0v) is 13.0. The highest BCUT2D eigenvalue weighted by Crippen LogP contribution is 2.04. The minimum absolute atomic E-state index is 0.0131. The fourth-order valence-electron chi connectivity index (χ4n) is 1.55. The van der Waals surface area contributed by atoms with Crippen molar-refractivity contribution in [3.05, 3.63) is 0 Å². The number of carbonyl (C=O) groups excluding carboxylic acids is 1. The molecule has 0 aromatic carbocycles. The third-order valence-corrected chi connectivity index (χ3v) is 4.42. The molecule has 0 aliphatic heterocycles. The first-order valence-electron chi connectivity index (χ1n) is 6.70. The normalized spacial score (nSPS) is 14.6. The predicted octanol–water partition coefficient (Wildman–Crippen LogP) is 0.321. The first-order chi connectivity index (χ1) is 9.19. The lowest BCUT2D eigenvalue weighted by Crippen LogP contribution is -2.45. The van der Waals surface area contributed by atoms with Crippen LogP contribution in [0.5, 0.6) is 0 Å². The van der Waals surface area contributed by atoms with Gasteiger partial charge in [-0.1, -0.05) is 13.8 Å². The molecule has 0 fully saturated rings. The molecule has 7 nitrogen and oxygen atoms in total. The number of amides is 1. The number of hydrogen-bond acceptors (Lipinski definition) is 4. The van der Waals surface area contributed by atoms with Crippen LogP contribution in [0.4, 0.5) is 0 Å². The van der Waals surface area contributed by atoms with Gasteiger partial charge >= 0.3 is 5.97 Å². The van der Waals surface area contributed by atoms with Crippen LogP contribution in [-0.2, 0) is 19.6 Å². The van der Waals surface area contributed by atoms with E-state index in [1.54, 1.807) is 13.8 Å². The summed E-state index contributed by atoms with van der Waals surface area (Å²) in [5.41, 5.74) is 0. The van der Waals surface area contributed by atoms with Crippen molar-refractivity contribution in [1.82, 2.24) is 10.0 Å². The van der Waals surface area contributed by atoms with Crippen LogP contribution >= 0.6 is 0 Å². The molecule has 0 aliphatic rings. The van der Waals surface area contributed by atoms with Crippen molar-refractivity contribution in [2.45, 2.75) is 46.1 Å². The lowest BCUT2D eigenvalue weighted by molar-refractivity contribution is -0.141. The second-order valence-electron chi connectivity index (χ2n) is 4.83. The quantitative estimate of drug-likeness (QED) is 0.503. The van der Waals surface area contributed by atoms with Crippen molar-refractivity contribution in [2.75, 3.05) is 12.3 Å². The largest absolute Gasteiger partial charge is 0.481 e. The zero-order chi connectivity index (χ0) is 15.8. The average Bonchev–Trinajstić information content (AvgIpc) is 2.32. The van der Waals surface area contributed by atoms with E-state index in [2.05, 4.69) is 10.0 Å². The number of carbonyl (C=O) groups is 2. The maximum Gasteiger partial charge on any atom is 0.306 e. The second kappa shape index (κ2) is 8.91. The molecule has 0 spiro atoms. The lowest BCUT2D eigenvalue weighted by Gasteiger charge is -2.14. The van der Waals surface area contributed by atoms with E-state index in [9.17, 15) is 18.0 Å². The zero-order valence-electron chi connectivity index (χ0n) is 12.2. The summed E-state index contributed by atoms with van der Waals surface area (Å²) in [5, 5.41) is 11.3. The molecule has 118 valence electrons. The molecule has 2 atom stereocenters. The summed E-state index contributed by atoms with van der Waals surface area (Å²) in [6.07, 6.45) is 1.48. The first-order valence-corrected chi connectivity index (χ1v) is 8.35. The minimum Gasteiger partial charge on any atom is -0.481 e. The van der Waals surface area contributed by atoms with Crippen LogP contribution < -0.4 is 10.0 Å². The number of aliphatic carboxylic acids is 1. The molecule has 0 saturated heterocycles. The Balaban J connectivity index is 4.01. The Morgan fingerprint density at radius 2 is 1.85 bits per heavy atom. The minimum atomic E-state index is -3.42. The molecular weight excluding hydrogens is 284 g/mol. The maximum atomic E-state index is 11.6. The van der Waals surface area contributed by atoms with Gasteiger partial charge in [0.1, 0.15) is 0 Å². The Morgan fingerprint density at radius 3 is 2.35 bits per heavy atom. The third-order valence-electron chi connectivity index (χ3n) is 2.76. The smallest absolute Gasteiger partial charge is 0.306 e. The van der Waals surface area contributed by atoms with Gasteiger partial charge in [0.05, 0.1) is 17.7 Å². The summed E-state index contributed by atoms with van der Waals surface area (Å²) in [6.45, 7) is 5.15. The molecule has 3 N–H and O–H groups in total. The highest BCUT2D eigenvalue weighted by atomic mass is 32.2. The van der Waals surface area contributed by atoms with E-state index < -0.39 is 33.9 Å². The number of carboxylic acids is 1. The summed E-state index contributed by atoms with van der Waals surface area (Å²) in [5.74, 6) is -1.74. The molecule has 0 heterocycles. The van der Waals surface area contributed by atoms with Gasteiger partial charge in [-0.15, -0.1) is 0 Å². The topological polar surface area (TPSA) is 113 Å². The van der Waals surface area contributed by atoms with Crippen LogP contribution in [0.3, 0.4) is 0 Å². The molecule has 0 aromatic heterocycles. The van der Waals surface area contributed by atoms with Gasteiger partial charge in [0.2, 0.25) is 15.9 Å². The van der Waals surface area contributed by atoms with E-state index in [4.69, 9.17) is 5.11 Å². The Labute approximate surface area is 120 Å². The molecule has 0 rings (SSSR count). The van der Waals surface area contributed by atoms with E-state index in [1.807, 2.05) is 0 Å². The van der Waals surface area contributed by atoms with Gasteiger partial charge in [-0.25, -0.2) is 13.1 Å². The van der Waals surface area contributed by atoms with Crippen LogP contribution in [0.2, 0.25) is 0 Å². The second-order valence-corrected chi connectivity index (χ2v) is 6.70. The van der Waals surface area contributed by atoms with Crippen LogP contribution in [0.15, 0.2) is 0 Å². The Kier molecular flexibility index (Phi) is 8.40. The van der Waals surface area contributed by atoms with Gasteiger partial charge in [0.25, 0.3) is 0 Å². The van der Waals surface area contributed by atoms with Crippen molar-refractivity contribution in [3.8, 4) is 0 Å². The van der Waals surface area contributed by atoms with E-state index in [0.717, 1.165) is 0 Å². The fourth-order valence-corrected chi connectivity index (χ4v) is 2.85. The summed E-state index contributed by atoms with van der Waals surface area (Å²) in [7, 11) is -3.42. The first kappa shape index (κ1) is 18.9. The Morgan fingerprint density at radius 1 is 1.25 bits per heavy atom. The monoisotopic (exact) mass is 308 g/mol. The van der Waals surface area contributed by atoms with Crippen molar-refractivity contribution >= 4 is 21.9 Å². The number of nitrogens with one attached hydrogen (secondary N) is 2. The van der Waals surface area contributed by atoms with Gasteiger partial charge in [-0.3, -0.25) is 9.59 Å². The molecule has 8 heteroatoms. The van der Waals surface area contributed by atoms with Crippen LogP contribution in [0.1, 0.15) is 40.0 Å². The highest BCUT2D eigenvalue weighted by molar-refractivity contribution is 7.89. The van der Waals surface area contributed by atoms with Gasteiger partial charge in [0.15, 0.2) is 0 Å². The van der Waals surface area contributed by atoms with Gasteiger partial charge < -0.3 is 10.4 Å². The lowest BCUT2D eigenvalue weighted by atomic mass is 10.1. The molecule has 0 bridgehead atoms. The van der Waals surface area contributed by atoms with Crippen LogP contribution in [0, 0.1) is 5.92 Å². The fraction of sp³-hybridized carbons (Fsp3) is 0.833. The van der Waals surface area contributed by atoms with Crippen molar-refractivity contribution < 1.29 is 23.1 Å². The standard InChI is InChI=1S/C12H24N2O5S/c1-4-8-20(18,19)14-10(3)11(15)13-7-5-6-9(2)12(16)17/h9-10,14H,4-8H2,1-3H3,(H,13,15)(H,16,17). The van der Waals surface area contributed by atoms with Gasteiger partial charge in [-0.05, 0) is 26.2 Å². The summed E-state index contributed by atoms with van der Waals surface area (Å²) < 4.78 is 25.3. The van der Waals surface area contributed by atoms with Crippen molar-refractivity contribution in [1.29, 1.82) is 0 Å². The molecule has 0 aromatic rings.